The Balaban J connectivity index is 1.85. The molecule has 39 heavy (non-hydrogen) atoms. The molecule has 2 atom stereocenters. The highest BCUT2D eigenvalue weighted by Crippen LogP contribution is 2.38. The number of rotatable bonds is 11. The second-order valence-corrected chi connectivity index (χ2v) is 10.4. The van der Waals surface area contributed by atoms with E-state index in [1.165, 1.54) is 39.9 Å². The highest BCUT2D eigenvalue weighted by atomic mass is 32.2. The topological polar surface area (TPSA) is 152 Å². The van der Waals surface area contributed by atoms with Crippen LogP contribution >= 0.6 is 0 Å². The highest BCUT2D eigenvalue weighted by molar-refractivity contribution is 7.93. The maximum absolute atomic E-state index is 13.7. The molecule has 0 bridgehead atoms. The van der Waals surface area contributed by atoms with E-state index in [1.807, 2.05) is 6.92 Å². The number of para-hydroxylation sites is 1. The molecule has 0 aliphatic carbocycles. The lowest BCUT2D eigenvalue weighted by Crippen LogP contribution is -2.33. The predicted molar refractivity (Wildman–Crippen MR) is 143 cm³/mol. The number of benzene rings is 1. The molecule has 1 N–H and O–H groups in total. The molecule has 0 fully saturated rings. The van der Waals surface area contributed by atoms with Crippen molar-refractivity contribution in [3.05, 3.63) is 60.2 Å². The van der Waals surface area contributed by atoms with Gasteiger partial charge in [-0.15, -0.1) is 10.2 Å². The average Bonchev–Trinajstić information content (AvgIpc) is 3.35. The molecule has 3 aromatic heterocycles. The number of pyridine rings is 1. The lowest BCUT2D eigenvalue weighted by atomic mass is 10.2. The number of nitrogens with zero attached hydrogens (tertiary/aromatic N) is 6. The summed E-state index contributed by atoms with van der Waals surface area (Å²) < 4.78 is 53.3. The molecule has 1 aromatic carbocycles. The van der Waals surface area contributed by atoms with E-state index in [4.69, 9.17) is 18.9 Å². The summed E-state index contributed by atoms with van der Waals surface area (Å²) in [5.74, 6) is 1.43. The van der Waals surface area contributed by atoms with E-state index in [9.17, 15) is 8.42 Å². The third-order valence-electron chi connectivity index (χ3n) is 5.91. The van der Waals surface area contributed by atoms with Gasteiger partial charge < -0.3 is 18.9 Å². The summed E-state index contributed by atoms with van der Waals surface area (Å²) in [5.41, 5.74) is 1.57. The molecular weight excluding hydrogens is 526 g/mol. The summed E-state index contributed by atoms with van der Waals surface area (Å²) in [6, 6.07) is 10.3. The molecule has 3 heterocycles. The first-order valence-electron chi connectivity index (χ1n) is 11.7. The number of ether oxygens (including phenoxy) is 4. The van der Waals surface area contributed by atoms with Crippen LogP contribution < -0.4 is 18.9 Å². The van der Waals surface area contributed by atoms with Crippen molar-refractivity contribution in [2.24, 2.45) is 0 Å². The summed E-state index contributed by atoms with van der Waals surface area (Å²) in [5, 5.41) is 7.32. The second kappa shape index (κ2) is 11.6. The third-order valence-corrected chi connectivity index (χ3v) is 7.60. The van der Waals surface area contributed by atoms with Crippen molar-refractivity contribution in [2.45, 2.75) is 25.2 Å². The van der Waals surface area contributed by atoms with Crippen molar-refractivity contribution in [3.63, 3.8) is 0 Å². The minimum Gasteiger partial charge on any atom is -0.494 e. The Kier molecular flexibility index (Phi) is 8.26. The number of nitrogens with one attached hydrogen (secondary N) is 1. The van der Waals surface area contributed by atoms with E-state index in [-0.39, 0.29) is 17.6 Å². The minimum atomic E-state index is -4.14. The van der Waals surface area contributed by atoms with Crippen molar-refractivity contribution < 1.29 is 27.4 Å². The molecule has 0 radical (unpaired) electrons. The molecule has 0 saturated heterocycles. The van der Waals surface area contributed by atoms with Crippen LogP contribution in [0.5, 0.6) is 17.4 Å². The lowest BCUT2D eigenvalue weighted by molar-refractivity contribution is 0.0949. The molecule has 0 aliphatic heterocycles. The first kappa shape index (κ1) is 27.7. The monoisotopic (exact) mass is 555 g/mol. The number of anilines is 1. The number of hydrogen-bond donors (Lipinski definition) is 1. The van der Waals surface area contributed by atoms with Crippen LogP contribution in [0, 0.1) is 6.92 Å². The second-order valence-electron chi connectivity index (χ2n) is 8.39. The maximum Gasteiger partial charge on any atom is 0.243 e. The van der Waals surface area contributed by atoms with E-state index in [2.05, 4.69) is 29.9 Å². The zero-order valence-electron chi connectivity index (χ0n) is 22.3. The van der Waals surface area contributed by atoms with Crippen LogP contribution in [0.15, 0.2) is 48.8 Å². The van der Waals surface area contributed by atoms with Gasteiger partial charge >= 0.3 is 0 Å². The minimum absolute atomic E-state index is 0.121. The fourth-order valence-corrected chi connectivity index (χ4v) is 5.00. The Morgan fingerprint density at radius 2 is 1.54 bits per heavy atom. The van der Waals surface area contributed by atoms with Gasteiger partial charge in [0, 0.05) is 25.6 Å². The maximum atomic E-state index is 13.7. The summed E-state index contributed by atoms with van der Waals surface area (Å²) in [4.78, 5) is 12.9. The Bertz CT molecular complexity index is 1520. The van der Waals surface area contributed by atoms with Crippen LogP contribution in [0.2, 0.25) is 0 Å². The van der Waals surface area contributed by atoms with Gasteiger partial charge in [0.25, 0.3) is 0 Å². The molecule has 4 rings (SSSR count). The van der Waals surface area contributed by atoms with Crippen molar-refractivity contribution in [1.82, 2.24) is 29.7 Å². The predicted octanol–water partition coefficient (Wildman–Crippen LogP) is 2.97. The summed E-state index contributed by atoms with van der Waals surface area (Å²) in [6.45, 7) is 3.33. The smallest absolute Gasteiger partial charge is 0.243 e. The SMILES string of the molecule is COc1cccc(-c2nnc(NS(=O)(=O)[C@H](C)[C@@H](OC)c3ncc(C)cn3)n2-c2c(OC)cccc2OC)n1. The van der Waals surface area contributed by atoms with Crippen molar-refractivity contribution in [2.75, 3.05) is 33.2 Å². The van der Waals surface area contributed by atoms with Crippen LogP contribution in [0.3, 0.4) is 0 Å². The van der Waals surface area contributed by atoms with Gasteiger partial charge in [-0.3, -0.25) is 9.29 Å². The Morgan fingerprint density at radius 1 is 0.897 bits per heavy atom. The number of aromatic nitrogens is 6. The van der Waals surface area contributed by atoms with E-state index in [0.717, 1.165) is 5.56 Å². The molecule has 0 spiro atoms. The van der Waals surface area contributed by atoms with Gasteiger partial charge in [-0.25, -0.2) is 23.4 Å². The van der Waals surface area contributed by atoms with Crippen LogP contribution in [0.25, 0.3) is 17.2 Å². The van der Waals surface area contributed by atoms with Gasteiger partial charge in [0.05, 0.1) is 21.3 Å². The summed E-state index contributed by atoms with van der Waals surface area (Å²) in [6.07, 6.45) is 2.23. The van der Waals surface area contributed by atoms with Gasteiger partial charge in [-0.2, -0.15) is 0 Å². The quantitative estimate of drug-likeness (QED) is 0.291. The normalized spacial score (nSPS) is 13.0. The zero-order valence-corrected chi connectivity index (χ0v) is 23.1. The Morgan fingerprint density at radius 3 is 2.13 bits per heavy atom. The van der Waals surface area contributed by atoms with Crippen LogP contribution in [0.1, 0.15) is 24.4 Å². The highest BCUT2D eigenvalue weighted by Gasteiger charge is 2.35. The largest absolute Gasteiger partial charge is 0.494 e. The summed E-state index contributed by atoms with van der Waals surface area (Å²) >= 11 is 0. The average molecular weight is 556 g/mol. The zero-order chi connectivity index (χ0) is 28.2. The van der Waals surface area contributed by atoms with Gasteiger partial charge in [0.2, 0.25) is 21.9 Å². The van der Waals surface area contributed by atoms with E-state index < -0.39 is 21.4 Å². The van der Waals surface area contributed by atoms with Crippen molar-refractivity contribution in [3.8, 4) is 34.6 Å². The molecule has 0 aliphatic rings. The van der Waals surface area contributed by atoms with Crippen LogP contribution in [-0.4, -0.2) is 71.8 Å². The molecule has 0 unspecified atom stereocenters. The molecular formula is C25H29N7O6S. The molecule has 14 heteroatoms. The van der Waals surface area contributed by atoms with Gasteiger partial charge in [0.1, 0.15) is 34.2 Å². The van der Waals surface area contributed by atoms with Gasteiger partial charge in [0.15, 0.2) is 11.6 Å². The number of sulfonamides is 1. The molecule has 13 nitrogen and oxygen atoms in total. The number of hydrogen-bond acceptors (Lipinski definition) is 11. The lowest BCUT2D eigenvalue weighted by Gasteiger charge is -2.23. The molecule has 0 saturated carbocycles. The third kappa shape index (κ3) is 5.61. The Labute approximate surface area is 226 Å². The van der Waals surface area contributed by atoms with Crippen LogP contribution in [-0.2, 0) is 14.8 Å². The van der Waals surface area contributed by atoms with E-state index in [1.54, 1.807) is 48.8 Å². The van der Waals surface area contributed by atoms with Crippen LogP contribution in [0.4, 0.5) is 5.95 Å². The first-order chi connectivity index (χ1) is 18.7. The summed E-state index contributed by atoms with van der Waals surface area (Å²) in [7, 11) is 1.73. The van der Waals surface area contributed by atoms with Crippen molar-refractivity contribution >= 4 is 16.0 Å². The fourth-order valence-electron chi connectivity index (χ4n) is 3.87. The fraction of sp³-hybridized carbons (Fsp3) is 0.320. The van der Waals surface area contributed by atoms with E-state index >= 15 is 0 Å². The van der Waals surface area contributed by atoms with Gasteiger partial charge in [-0.1, -0.05) is 12.1 Å². The standard InChI is InChI=1S/C25H29N7O6S/c1-15-13-26-23(27-14-15)22(38-6)16(2)39(33,34)31-25-30-29-24(17-9-7-12-20(28-17)37-5)32(25)21-18(35-3)10-8-11-19(21)36-4/h7-14,16,22H,1-6H3,(H,30,31)/t16-,22-/m1/s1. The number of methoxy groups -OCH3 is 4. The van der Waals surface area contributed by atoms with Gasteiger partial charge in [-0.05, 0) is 37.6 Å². The van der Waals surface area contributed by atoms with E-state index in [0.29, 0.717) is 28.8 Å². The number of aryl methyl sites for hydroxylation is 1. The molecule has 0 amide bonds. The molecule has 206 valence electrons. The Hall–Kier alpha value is -4.30. The van der Waals surface area contributed by atoms with Crippen molar-refractivity contribution in [1.29, 1.82) is 0 Å². The first-order valence-corrected chi connectivity index (χ1v) is 13.3. The molecule has 4 aromatic rings.